The van der Waals surface area contributed by atoms with Crippen molar-refractivity contribution in [3.05, 3.63) is 30.1 Å². The van der Waals surface area contributed by atoms with Gasteiger partial charge in [-0.1, -0.05) is 12.1 Å². The minimum Gasteiger partial charge on any atom is -0.330 e. The quantitative estimate of drug-likeness (QED) is 0.875. The third kappa shape index (κ3) is 2.86. The number of rotatable bonds is 6. The number of imidazole rings is 1. The lowest BCUT2D eigenvalue weighted by molar-refractivity contribution is 0.322. The number of hydrogen-bond acceptors (Lipinski definition) is 3. The summed E-state index contributed by atoms with van der Waals surface area (Å²) < 4.78 is 2.39. The first-order valence-electron chi connectivity index (χ1n) is 7.75. The highest BCUT2D eigenvalue weighted by molar-refractivity contribution is 5.75. The van der Waals surface area contributed by atoms with E-state index < -0.39 is 0 Å². The van der Waals surface area contributed by atoms with Crippen LogP contribution in [0.25, 0.3) is 11.0 Å². The molecule has 2 aromatic rings. The van der Waals surface area contributed by atoms with Gasteiger partial charge in [-0.2, -0.15) is 0 Å². The minimum atomic E-state index is 0.731. The maximum atomic E-state index is 5.65. The van der Waals surface area contributed by atoms with E-state index in [4.69, 9.17) is 10.7 Å². The zero-order valence-corrected chi connectivity index (χ0v) is 12.1. The van der Waals surface area contributed by atoms with Gasteiger partial charge in [-0.15, -0.1) is 0 Å². The van der Waals surface area contributed by atoms with Crippen molar-refractivity contribution in [2.24, 2.45) is 5.73 Å². The van der Waals surface area contributed by atoms with Crippen molar-refractivity contribution in [2.45, 2.75) is 32.2 Å². The van der Waals surface area contributed by atoms with Gasteiger partial charge in [-0.05, 0) is 51.0 Å². The molecule has 1 aliphatic heterocycles. The minimum absolute atomic E-state index is 0.731. The lowest BCUT2D eigenvalue weighted by Gasteiger charge is -2.16. The predicted molar refractivity (Wildman–Crippen MR) is 82.8 cm³/mol. The van der Waals surface area contributed by atoms with E-state index in [-0.39, 0.29) is 0 Å². The summed E-state index contributed by atoms with van der Waals surface area (Å²) in [5.74, 6) is 1.19. The molecule has 1 saturated heterocycles. The fourth-order valence-electron chi connectivity index (χ4n) is 3.07. The van der Waals surface area contributed by atoms with Crippen LogP contribution in [0.4, 0.5) is 0 Å². The number of nitrogens with two attached hydrogens (primary N) is 1. The van der Waals surface area contributed by atoms with Crippen molar-refractivity contribution in [2.75, 3.05) is 26.2 Å². The normalized spacial score (nSPS) is 16.2. The molecule has 1 aliphatic rings. The maximum absolute atomic E-state index is 5.65. The fourth-order valence-corrected chi connectivity index (χ4v) is 3.07. The summed E-state index contributed by atoms with van der Waals surface area (Å²) in [6.45, 7) is 5.42. The van der Waals surface area contributed by atoms with Crippen LogP contribution in [0.2, 0.25) is 0 Å². The Morgan fingerprint density at radius 2 is 1.90 bits per heavy atom. The van der Waals surface area contributed by atoms with E-state index in [1.54, 1.807) is 0 Å². The van der Waals surface area contributed by atoms with E-state index in [1.165, 1.54) is 37.3 Å². The molecule has 108 valence electrons. The lowest BCUT2D eigenvalue weighted by atomic mass is 10.3. The second-order valence-corrected chi connectivity index (χ2v) is 5.61. The van der Waals surface area contributed by atoms with Crippen LogP contribution in [0.5, 0.6) is 0 Å². The largest absolute Gasteiger partial charge is 0.330 e. The average molecular weight is 272 g/mol. The first-order chi connectivity index (χ1) is 9.88. The Morgan fingerprint density at radius 1 is 1.10 bits per heavy atom. The molecule has 3 rings (SSSR count). The number of fused-ring (bicyclic) bond motifs is 1. The number of para-hydroxylation sites is 2. The van der Waals surface area contributed by atoms with Gasteiger partial charge in [-0.3, -0.25) is 0 Å². The van der Waals surface area contributed by atoms with Gasteiger partial charge in [-0.25, -0.2) is 4.98 Å². The molecule has 0 radical (unpaired) electrons. The highest BCUT2D eigenvalue weighted by atomic mass is 15.2. The number of hydrogen-bond donors (Lipinski definition) is 1. The smallest absolute Gasteiger partial charge is 0.109 e. The van der Waals surface area contributed by atoms with Crippen LogP contribution in [-0.2, 0) is 13.0 Å². The Labute approximate surface area is 120 Å². The first kappa shape index (κ1) is 13.6. The summed E-state index contributed by atoms with van der Waals surface area (Å²) in [5.41, 5.74) is 8.02. The van der Waals surface area contributed by atoms with Crippen molar-refractivity contribution in [1.82, 2.24) is 14.5 Å². The molecule has 0 spiro atoms. The molecule has 0 unspecified atom stereocenters. The van der Waals surface area contributed by atoms with E-state index in [9.17, 15) is 0 Å². The molecular formula is C16H24N4. The summed E-state index contributed by atoms with van der Waals surface area (Å²) in [6, 6.07) is 8.45. The van der Waals surface area contributed by atoms with Crippen LogP contribution < -0.4 is 5.73 Å². The molecular weight excluding hydrogens is 248 g/mol. The number of likely N-dealkylation sites (tertiary alicyclic amines) is 1. The van der Waals surface area contributed by atoms with E-state index in [0.29, 0.717) is 0 Å². The summed E-state index contributed by atoms with van der Waals surface area (Å²) in [6.07, 6.45) is 4.69. The second-order valence-electron chi connectivity index (χ2n) is 5.61. The van der Waals surface area contributed by atoms with Crippen molar-refractivity contribution in [3.63, 3.8) is 0 Å². The molecule has 2 heterocycles. The molecule has 1 aromatic heterocycles. The topological polar surface area (TPSA) is 47.1 Å². The van der Waals surface area contributed by atoms with E-state index in [0.717, 1.165) is 38.0 Å². The average Bonchev–Trinajstić information content (AvgIpc) is 3.10. The zero-order valence-electron chi connectivity index (χ0n) is 12.1. The molecule has 2 N–H and O–H groups in total. The summed E-state index contributed by atoms with van der Waals surface area (Å²) >= 11 is 0. The van der Waals surface area contributed by atoms with Crippen LogP contribution in [-0.4, -0.2) is 40.6 Å². The highest BCUT2D eigenvalue weighted by Gasteiger charge is 2.14. The number of nitrogens with zero attached hydrogens (tertiary/aromatic N) is 3. The Bertz CT molecular complexity index is 555. The molecule has 4 heteroatoms. The molecule has 4 nitrogen and oxygen atoms in total. The number of aryl methyl sites for hydroxylation is 1. The standard InChI is InChI=1S/C16H24N4/c17-9-5-8-16-18-14-6-1-2-7-15(14)20(16)13-12-19-10-3-4-11-19/h1-2,6-7H,3-5,8-13,17H2. The molecule has 0 amide bonds. The molecule has 1 fully saturated rings. The molecule has 1 aromatic carbocycles. The van der Waals surface area contributed by atoms with Gasteiger partial charge >= 0.3 is 0 Å². The van der Waals surface area contributed by atoms with Gasteiger partial charge in [0.05, 0.1) is 11.0 Å². The van der Waals surface area contributed by atoms with E-state index >= 15 is 0 Å². The SMILES string of the molecule is NCCCc1nc2ccccc2n1CCN1CCCC1. The molecule has 0 atom stereocenters. The van der Waals surface area contributed by atoms with E-state index in [1.807, 2.05) is 0 Å². The summed E-state index contributed by atoms with van der Waals surface area (Å²) in [4.78, 5) is 7.34. The van der Waals surface area contributed by atoms with Crippen LogP contribution in [0.1, 0.15) is 25.1 Å². The maximum Gasteiger partial charge on any atom is 0.109 e. The third-order valence-electron chi connectivity index (χ3n) is 4.18. The van der Waals surface area contributed by atoms with Crippen molar-refractivity contribution in [3.8, 4) is 0 Å². The van der Waals surface area contributed by atoms with Crippen LogP contribution in [0.15, 0.2) is 24.3 Å². The fraction of sp³-hybridized carbons (Fsp3) is 0.562. The molecule has 0 aliphatic carbocycles. The zero-order chi connectivity index (χ0) is 13.8. The number of benzene rings is 1. The summed E-state index contributed by atoms with van der Waals surface area (Å²) in [7, 11) is 0. The Kier molecular flexibility index (Phi) is 4.33. The molecule has 20 heavy (non-hydrogen) atoms. The summed E-state index contributed by atoms with van der Waals surface area (Å²) in [5, 5.41) is 0. The van der Waals surface area contributed by atoms with Gasteiger partial charge in [0, 0.05) is 19.5 Å². The van der Waals surface area contributed by atoms with Crippen molar-refractivity contribution < 1.29 is 0 Å². The van der Waals surface area contributed by atoms with Gasteiger partial charge in [0.25, 0.3) is 0 Å². The van der Waals surface area contributed by atoms with Crippen LogP contribution in [0, 0.1) is 0 Å². The number of aromatic nitrogens is 2. The van der Waals surface area contributed by atoms with Gasteiger partial charge in [0.15, 0.2) is 0 Å². The van der Waals surface area contributed by atoms with Gasteiger partial charge in [0.1, 0.15) is 5.82 Å². The highest BCUT2D eigenvalue weighted by Crippen LogP contribution is 2.18. The van der Waals surface area contributed by atoms with E-state index in [2.05, 4.69) is 33.7 Å². The van der Waals surface area contributed by atoms with Crippen molar-refractivity contribution in [1.29, 1.82) is 0 Å². The Hall–Kier alpha value is -1.39. The first-order valence-corrected chi connectivity index (χ1v) is 7.75. The Balaban J connectivity index is 1.81. The van der Waals surface area contributed by atoms with Gasteiger partial charge < -0.3 is 15.2 Å². The van der Waals surface area contributed by atoms with Gasteiger partial charge in [0.2, 0.25) is 0 Å². The molecule has 0 saturated carbocycles. The second kappa shape index (κ2) is 6.37. The van der Waals surface area contributed by atoms with Crippen LogP contribution in [0.3, 0.4) is 0 Å². The monoisotopic (exact) mass is 272 g/mol. The lowest BCUT2D eigenvalue weighted by Crippen LogP contribution is -2.24. The molecule has 0 bridgehead atoms. The van der Waals surface area contributed by atoms with Crippen molar-refractivity contribution >= 4 is 11.0 Å². The predicted octanol–water partition coefficient (Wildman–Crippen LogP) is 2.02. The third-order valence-corrected chi connectivity index (χ3v) is 4.18. The Morgan fingerprint density at radius 3 is 2.70 bits per heavy atom. The van der Waals surface area contributed by atoms with Crippen LogP contribution >= 0.6 is 0 Å².